The van der Waals surface area contributed by atoms with Gasteiger partial charge in [-0.05, 0) is 25.0 Å². The summed E-state index contributed by atoms with van der Waals surface area (Å²) in [5, 5.41) is 4.38. The zero-order valence-corrected chi connectivity index (χ0v) is 16.2. The van der Waals surface area contributed by atoms with E-state index >= 15 is 0 Å². The molecule has 3 aromatic rings. The van der Waals surface area contributed by atoms with Crippen molar-refractivity contribution in [1.29, 1.82) is 0 Å². The van der Waals surface area contributed by atoms with Gasteiger partial charge in [-0.1, -0.05) is 42.1 Å². The molecule has 4 rings (SSSR count). The molecule has 134 valence electrons. The van der Waals surface area contributed by atoms with Crippen LogP contribution in [-0.2, 0) is 11.3 Å². The van der Waals surface area contributed by atoms with Gasteiger partial charge in [-0.2, -0.15) is 0 Å². The summed E-state index contributed by atoms with van der Waals surface area (Å²) >= 11 is 3.12. The Balaban J connectivity index is 1.55. The van der Waals surface area contributed by atoms with Crippen molar-refractivity contribution in [1.82, 2.24) is 14.9 Å². The van der Waals surface area contributed by atoms with Gasteiger partial charge in [-0.25, -0.2) is 4.98 Å². The van der Waals surface area contributed by atoms with Gasteiger partial charge in [0, 0.05) is 23.6 Å². The highest BCUT2D eigenvalue weighted by molar-refractivity contribution is 7.99. The summed E-state index contributed by atoms with van der Waals surface area (Å²) in [5.41, 5.74) is 2.05. The molecular formula is C19H19N3O2S2. The number of carbonyl (C=O) groups is 1. The molecule has 1 N–H and O–H groups in total. The van der Waals surface area contributed by atoms with Gasteiger partial charge in [0.25, 0.3) is 5.56 Å². The summed E-state index contributed by atoms with van der Waals surface area (Å²) in [7, 11) is 0. The van der Waals surface area contributed by atoms with Gasteiger partial charge in [0.1, 0.15) is 4.83 Å². The van der Waals surface area contributed by atoms with E-state index in [0.717, 1.165) is 26.0 Å². The Morgan fingerprint density at radius 1 is 1.31 bits per heavy atom. The predicted octanol–water partition coefficient (Wildman–Crippen LogP) is 3.43. The highest BCUT2D eigenvalue weighted by atomic mass is 32.2. The normalized spacial score (nSPS) is 16.0. The third-order valence-electron chi connectivity index (χ3n) is 4.73. The topological polar surface area (TPSA) is 64.0 Å². The Labute approximate surface area is 159 Å². The number of nitrogens with zero attached hydrogens (tertiary/aromatic N) is 2. The summed E-state index contributed by atoms with van der Waals surface area (Å²) in [4.78, 5) is 32.0. The highest BCUT2D eigenvalue weighted by Crippen LogP contribution is 2.35. The molecular weight excluding hydrogens is 366 g/mol. The van der Waals surface area contributed by atoms with E-state index in [4.69, 9.17) is 0 Å². The van der Waals surface area contributed by atoms with Gasteiger partial charge < -0.3 is 5.32 Å². The molecule has 0 saturated carbocycles. The number of hydrogen-bond donors (Lipinski definition) is 1. The van der Waals surface area contributed by atoms with Crippen molar-refractivity contribution in [3.8, 4) is 0 Å². The maximum atomic E-state index is 13.0. The minimum Gasteiger partial charge on any atom is -0.352 e. The fourth-order valence-electron chi connectivity index (χ4n) is 3.19. The van der Waals surface area contributed by atoms with Crippen LogP contribution in [0.25, 0.3) is 10.2 Å². The van der Waals surface area contributed by atoms with E-state index in [1.54, 1.807) is 27.7 Å². The van der Waals surface area contributed by atoms with Crippen LogP contribution in [0.3, 0.4) is 0 Å². The summed E-state index contributed by atoms with van der Waals surface area (Å²) in [5.74, 6) is 0.661. The molecule has 1 aliphatic heterocycles. The number of aromatic nitrogens is 2. The molecule has 0 fully saturated rings. The Morgan fingerprint density at radius 2 is 2.08 bits per heavy atom. The second-order valence-corrected chi connectivity index (χ2v) is 8.65. The Hall–Kier alpha value is -2.12. The molecule has 26 heavy (non-hydrogen) atoms. The van der Waals surface area contributed by atoms with Crippen LogP contribution in [0, 0.1) is 13.8 Å². The van der Waals surface area contributed by atoms with Crippen LogP contribution in [0.1, 0.15) is 28.5 Å². The highest BCUT2D eigenvalue weighted by Gasteiger charge is 2.29. The molecule has 1 atom stereocenters. The molecule has 1 amide bonds. The molecule has 1 unspecified atom stereocenters. The van der Waals surface area contributed by atoms with Gasteiger partial charge in [0.05, 0.1) is 11.4 Å². The molecule has 2 aromatic heterocycles. The molecule has 0 spiro atoms. The van der Waals surface area contributed by atoms with E-state index in [2.05, 4.69) is 10.3 Å². The first kappa shape index (κ1) is 17.3. The van der Waals surface area contributed by atoms with Crippen LogP contribution in [-0.4, -0.2) is 21.2 Å². The van der Waals surface area contributed by atoms with Crippen LogP contribution in [0.4, 0.5) is 0 Å². The quantitative estimate of drug-likeness (QED) is 0.699. The molecule has 0 aliphatic carbocycles. The standard InChI is InChI=1S/C19H19N3O2S2/c1-11-12(2)26-17-16(11)18(24)22-14(10-25-19(22)21-17)8-15(23)20-9-13-6-4-3-5-7-13/h3-7,14H,8-10H2,1-2H3,(H,20,23). The lowest BCUT2D eigenvalue weighted by Gasteiger charge is -2.13. The van der Waals surface area contributed by atoms with Gasteiger partial charge in [0.15, 0.2) is 5.16 Å². The van der Waals surface area contributed by atoms with Crippen molar-refractivity contribution >= 4 is 39.2 Å². The van der Waals surface area contributed by atoms with Crippen LogP contribution in [0.5, 0.6) is 0 Å². The van der Waals surface area contributed by atoms with Crippen LogP contribution in [0.2, 0.25) is 0 Å². The van der Waals surface area contributed by atoms with E-state index in [9.17, 15) is 9.59 Å². The van der Waals surface area contributed by atoms with Crippen molar-refractivity contribution < 1.29 is 4.79 Å². The lowest BCUT2D eigenvalue weighted by molar-refractivity contribution is -0.121. The smallest absolute Gasteiger partial charge is 0.263 e. The van der Waals surface area contributed by atoms with Gasteiger partial charge in [-0.3, -0.25) is 14.2 Å². The summed E-state index contributed by atoms with van der Waals surface area (Å²) < 4.78 is 1.72. The van der Waals surface area contributed by atoms with E-state index in [0.29, 0.717) is 24.1 Å². The fourth-order valence-corrected chi connectivity index (χ4v) is 5.40. The average molecular weight is 386 g/mol. The zero-order chi connectivity index (χ0) is 18.3. The second kappa shape index (κ2) is 6.89. The monoisotopic (exact) mass is 385 g/mol. The SMILES string of the molecule is Cc1sc2nc3n(c(=O)c2c1C)C(CC(=O)NCc1ccccc1)CS3. The number of aryl methyl sites for hydroxylation is 2. The predicted molar refractivity (Wildman–Crippen MR) is 106 cm³/mol. The van der Waals surface area contributed by atoms with Crippen molar-refractivity contribution in [2.75, 3.05) is 5.75 Å². The number of nitrogens with one attached hydrogen (secondary N) is 1. The number of benzene rings is 1. The maximum Gasteiger partial charge on any atom is 0.263 e. The Morgan fingerprint density at radius 3 is 2.85 bits per heavy atom. The molecule has 3 heterocycles. The minimum atomic E-state index is -0.144. The maximum absolute atomic E-state index is 13.0. The molecule has 7 heteroatoms. The summed E-state index contributed by atoms with van der Waals surface area (Å²) in [6.45, 7) is 4.48. The summed E-state index contributed by atoms with van der Waals surface area (Å²) in [6.07, 6.45) is 0.294. The van der Waals surface area contributed by atoms with Crippen molar-refractivity contribution in [3.63, 3.8) is 0 Å². The first-order chi connectivity index (χ1) is 12.5. The van der Waals surface area contributed by atoms with E-state index in [1.807, 2.05) is 44.2 Å². The second-order valence-electron chi connectivity index (χ2n) is 6.46. The van der Waals surface area contributed by atoms with Crippen LogP contribution in [0.15, 0.2) is 40.3 Å². The Bertz CT molecular complexity index is 1040. The van der Waals surface area contributed by atoms with Crippen molar-refractivity contribution in [2.45, 2.75) is 38.0 Å². The third kappa shape index (κ3) is 3.05. The number of thioether (sulfide) groups is 1. The molecule has 1 aliphatic rings. The number of amides is 1. The number of thiophene rings is 1. The first-order valence-electron chi connectivity index (χ1n) is 8.50. The van der Waals surface area contributed by atoms with Crippen LogP contribution < -0.4 is 10.9 Å². The van der Waals surface area contributed by atoms with E-state index < -0.39 is 0 Å². The third-order valence-corrected chi connectivity index (χ3v) is 6.92. The van der Waals surface area contributed by atoms with Gasteiger partial charge in [-0.15, -0.1) is 11.3 Å². The molecule has 0 radical (unpaired) electrons. The van der Waals surface area contributed by atoms with Gasteiger partial charge in [0.2, 0.25) is 5.91 Å². The van der Waals surface area contributed by atoms with Gasteiger partial charge >= 0.3 is 0 Å². The average Bonchev–Trinajstić information content (AvgIpc) is 3.16. The lowest BCUT2D eigenvalue weighted by atomic mass is 10.2. The number of fused-ring (bicyclic) bond motifs is 2. The molecule has 0 saturated heterocycles. The largest absolute Gasteiger partial charge is 0.352 e. The van der Waals surface area contributed by atoms with Crippen molar-refractivity contribution in [3.05, 3.63) is 56.7 Å². The summed E-state index contributed by atoms with van der Waals surface area (Å²) in [6, 6.07) is 9.67. The first-order valence-corrected chi connectivity index (χ1v) is 10.3. The van der Waals surface area contributed by atoms with E-state index in [-0.39, 0.29) is 17.5 Å². The molecule has 0 bridgehead atoms. The van der Waals surface area contributed by atoms with Crippen LogP contribution >= 0.6 is 23.1 Å². The Kier molecular flexibility index (Phi) is 4.58. The van der Waals surface area contributed by atoms with E-state index in [1.165, 1.54) is 0 Å². The number of carbonyl (C=O) groups excluding carboxylic acids is 1. The number of hydrogen-bond acceptors (Lipinski definition) is 5. The lowest BCUT2D eigenvalue weighted by Crippen LogP contribution is -2.30. The molecule has 5 nitrogen and oxygen atoms in total. The minimum absolute atomic E-state index is 0.0160. The number of rotatable bonds is 4. The van der Waals surface area contributed by atoms with Crippen molar-refractivity contribution in [2.24, 2.45) is 0 Å². The fraction of sp³-hybridized carbons (Fsp3) is 0.316. The molecule has 1 aromatic carbocycles. The zero-order valence-electron chi connectivity index (χ0n) is 14.6.